The van der Waals surface area contributed by atoms with Gasteiger partial charge < -0.3 is 10.6 Å². The van der Waals surface area contributed by atoms with E-state index in [4.69, 9.17) is 0 Å². The number of hydrogen-bond donors (Lipinski definition) is 2. The molecule has 2 heterocycles. The molecule has 1 aromatic carbocycles. The van der Waals surface area contributed by atoms with Gasteiger partial charge in [-0.05, 0) is 57.2 Å². The SMILES string of the molecule is CSc1nc2ccc(NC(C)CC3CCCN3)cc2s1. The van der Waals surface area contributed by atoms with Crippen molar-refractivity contribution in [2.45, 2.75) is 42.6 Å². The van der Waals surface area contributed by atoms with E-state index in [0.717, 1.165) is 9.86 Å². The second-order valence-electron chi connectivity index (χ2n) is 5.44. The first-order chi connectivity index (χ1) is 9.74. The Balaban J connectivity index is 1.66. The van der Waals surface area contributed by atoms with Crippen molar-refractivity contribution in [1.29, 1.82) is 0 Å². The van der Waals surface area contributed by atoms with Crippen LogP contribution in [0.5, 0.6) is 0 Å². The van der Waals surface area contributed by atoms with Gasteiger partial charge in [0.15, 0.2) is 4.34 Å². The van der Waals surface area contributed by atoms with Crippen LogP contribution < -0.4 is 10.6 Å². The highest BCUT2D eigenvalue weighted by atomic mass is 32.2. The molecule has 1 saturated heterocycles. The van der Waals surface area contributed by atoms with Crippen LogP contribution in [0, 0.1) is 0 Å². The molecule has 0 radical (unpaired) electrons. The molecule has 2 aromatic rings. The predicted molar refractivity (Wildman–Crippen MR) is 90.1 cm³/mol. The Kier molecular flexibility index (Phi) is 4.48. The number of thioether (sulfide) groups is 1. The Bertz CT molecular complexity index is 576. The quantitative estimate of drug-likeness (QED) is 0.820. The van der Waals surface area contributed by atoms with Crippen molar-refractivity contribution in [3.05, 3.63) is 18.2 Å². The molecular formula is C15H21N3S2. The third-order valence-electron chi connectivity index (χ3n) is 3.76. The topological polar surface area (TPSA) is 37.0 Å². The first-order valence-electron chi connectivity index (χ1n) is 7.19. The fourth-order valence-electron chi connectivity index (χ4n) is 2.81. The maximum absolute atomic E-state index is 4.58. The first kappa shape index (κ1) is 14.2. The predicted octanol–water partition coefficient (Wildman–Crippen LogP) is 3.96. The average molecular weight is 307 g/mol. The number of hydrogen-bond acceptors (Lipinski definition) is 5. The maximum Gasteiger partial charge on any atom is 0.150 e. The molecule has 0 aliphatic carbocycles. The zero-order valence-corrected chi connectivity index (χ0v) is 13.6. The van der Waals surface area contributed by atoms with E-state index in [-0.39, 0.29) is 0 Å². The lowest BCUT2D eigenvalue weighted by molar-refractivity contribution is 0.523. The molecule has 1 aliphatic rings. The molecule has 2 atom stereocenters. The van der Waals surface area contributed by atoms with E-state index >= 15 is 0 Å². The van der Waals surface area contributed by atoms with Gasteiger partial charge in [0, 0.05) is 17.8 Å². The van der Waals surface area contributed by atoms with E-state index in [2.05, 4.69) is 47.0 Å². The lowest BCUT2D eigenvalue weighted by atomic mass is 10.1. The standard InChI is InChI=1S/C15H21N3S2/c1-10(8-11-4-3-7-16-11)17-12-5-6-13-14(9-12)20-15(18-13)19-2/h5-6,9-11,16-17H,3-4,7-8H2,1-2H3. The summed E-state index contributed by atoms with van der Waals surface area (Å²) in [5.41, 5.74) is 2.31. The Morgan fingerprint density at radius 1 is 1.55 bits per heavy atom. The maximum atomic E-state index is 4.58. The van der Waals surface area contributed by atoms with Gasteiger partial charge in [-0.25, -0.2) is 4.98 Å². The van der Waals surface area contributed by atoms with Crippen molar-refractivity contribution in [3.8, 4) is 0 Å². The minimum Gasteiger partial charge on any atom is -0.382 e. The van der Waals surface area contributed by atoms with Crippen molar-refractivity contribution in [2.75, 3.05) is 18.1 Å². The van der Waals surface area contributed by atoms with Crippen LogP contribution in [-0.2, 0) is 0 Å². The molecule has 1 aromatic heterocycles. The van der Waals surface area contributed by atoms with Crippen molar-refractivity contribution >= 4 is 39.0 Å². The average Bonchev–Trinajstić information content (AvgIpc) is 3.06. The van der Waals surface area contributed by atoms with E-state index < -0.39 is 0 Å². The zero-order valence-electron chi connectivity index (χ0n) is 12.0. The number of aromatic nitrogens is 1. The molecule has 3 rings (SSSR count). The molecule has 2 N–H and O–H groups in total. The molecule has 0 amide bonds. The number of thiazole rings is 1. The third-order valence-corrected chi connectivity index (χ3v) is 5.76. The number of rotatable bonds is 5. The Labute approximate surface area is 128 Å². The highest BCUT2D eigenvalue weighted by molar-refractivity contribution is 8.00. The zero-order chi connectivity index (χ0) is 13.9. The molecule has 0 spiro atoms. The Morgan fingerprint density at radius 2 is 2.45 bits per heavy atom. The molecule has 0 saturated carbocycles. The van der Waals surface area contributed by atoms with Gasteiger partial charge in [0.2, 0.25) is 0 Å². The number of nitrogens with zero attached hydrogens (tertiary/aromatic N) is 1. The van der Waals surface area contributed by atoms with Crippen molar-refractivity contribution in [2.24, 2.45) is 0 Å². The molecule has 1 aliphatic heterocycles. The highest BCUT2D eigenvalue weighted by Gasteiger charge is 2.17. The van der Waals surface area contributed by atoms with Crippen LogP contribution in [0.15, 0.2) is 22.5 Å². The molecule has 3 nitrogen and oxygen atoms in total. The van der Waals surface area contributed by atoms with Gasteiger partial charge >= 0.3 is 0 Å². The van der Waals surface area contributed by atoms with E-state index in [1.807, 2.05) is 0 Å². The first-order valence-corrected chi connectivity index (χ1v) is 9.23. The van der Waals surface area contributed by atoms with Crippen molar-refractivity contribution in [1.82, 2.24) is 10.3 Å². The summed E-state index contributed by atoms with van der Waals surface area (Å²) in [7, 11) is 0. The lowest BCUT2D eigenvalue weighted by Crippen LogP contribution is -2.29. The van der Waals surface area contributed by atoms with E-state index in [1.54, 1.807) is 23.1 Å². The van der Waals surface area contributed by atoms with Gasteiger partial charge in [-0.2, -0.15) is 0 Å². The van der Waals surface area contributed by atoms with Crippen molar-refractivity contribution in [3.63, 3.8) is 0 Å². The fourth-order valence-corrected chi connectivity index (χ4v) is 4.34. The summed E-state index contributed by atoms with van der Waals surface area (Å²) in [6.45, 7) is 3.45. The number of nitrogens with one attached hydrogen (secondary N) is 2. The molecule has 108 valence electrons. The molecular weight excluding hydrogens is 286 g/mol. The number of fused-ring (bicyclic) bond motifs is 1. The normalized spacial score (nSPS) is 20.4. The van der Waals surface area contributed by atoms with Crippen LogP contribution in [-0.4, -0.2) is 29.9 Å². The fraction of sp³-hybridized carbons (Fsp3) is 0.533. The van der Waals surface area contributed by atoms with Gasteiger partial charge in [0.25, 0.3) is 0 Å². The van der Waals surface area contributed by atoms with Crippen LogP contribution in [0.4, 0.5) is 5.69 Å². The number of benzene rings is 1. The van der Waals surface area contributed by atoms with E-state index in [9.17, 15) is 0 Å². The summed E-state index contributed by atoms with van der Waals surface area (Å²) >= 11 is 3.49. The van der Waals surface area contributed by atoms with Gasteiger partial charge in [0.1, 0.15) is 0 Å². The van der Waals surface area contributed by atoms with Gasteiger partial charge in [0.05, 0.1) is 10.2 Å². The van der Waals surface area contributed by atoms with Crippen LogP contribution in [0.1, 0.15) is 26.2 Å². The molecule has 5 heteroatoms. The Hall–Kier alpha value is -0.780. The summed E-state index contributed by atoms with van der Waals surface area (Å²) in [6, 6.07) is 7.67. The molecule has 2 unspecified atom stereocenters. The van der Waals surface area contributed by atoms with Gasteiger partial charge in [-0.1, -0.05) is 11.8 Å². The van der Waals surface area contributed by atoms with Crippen LogP contribution >= 0.6 is 23.1 Å². The molecule has 20 heavy (non-hydrogen) atoms. The van der Waals surface area contributed by atoms with Gasteiger partial charge in [-0.3, -0.25) is 0 Å². The summed E-state index contributed by atoms with van der Waals surface area (Å²) in [5, 5.41) is 7.18. The van der Waals surface area contributed by atoms with Crippen LogP contribution in [0.2, 0.25) is 0 Å². The van der Waals surface area contributed by atoms with Gasteiger partial charge in [-0.15, -0.1) is 11.3 Å². The monoisotopic (exact) mass is 307 g/mol. The summed E-state index contributed by atoms with van der Waals surface area (Å²) in [6.07, 6.45) is 5.91. The second kappa shape index (κ2) is 6.33. The third kappa shape index (κ3) is 3.27. The molecule has 0 bridgehead atoms. The van der Waals surface area contributed by atoms with Crippen LogP contribution in [0.25, 0.3) is 10.2 Å². The second-order valence-corrected chi connectivity index (χ2v) is 7.52. The van der Waals surface area contributed by atoms with E-state index in [1.165, 1.54) is 36.2 Å². The van der Waals surface area contributed by atoms with E-state index in [0.29, 0.717) is 12.1 Å². The smallest absolute Gasteiger partial charge is 0.150 e. The van der Waals surface area contributed by atoms with Crippen molar-refractivity contribution < 1.29 is 0 Å². The van der Waals surface area contributed by atoms with Crippen LogP contribution in [0.3, 0.4) is 0 Å². The summed E-state index contributed by atoms with van der Waals surface area (Å²) in [4.78, 5) is 4.58. The lowest BCUT2D eigenvalue weighted by Gasteiger charge is -2.19. The molecule has 1 fully saturated rings. The minimum absolute atomic E-state index is 0.496. The number of anilines is 1. The summed E-state index contributed by atoms with van der Waals surface area (Å²) in [5.74, 6) is 0. The largest absolute Gasteiger partial charge is 0.382 e. The highest BCUT2D eigenvalue weighted by Crippen LogP contribution is 2.30. The Morgan fingerprint density at radius 3 is 3.20 bits per heavy atom. The minimum atomic E-state index is 0.496. The summed E-state index contributed by atoms with van der Waals surface area (Å²) < 4.78 is 2.41.